The maximum Gasteiger partial charge on any atom is 0.414 e. The molecule has 2 aromatic carbocycles. The first-order chi connectivity index (χ1) is 21.3. The van der Waals surface area contributed by atoms with Crippen molar-refractivity contribution in [2.75, 3.05) is 12.0 Å². The highest BCUT2D eigenvalue weighted by molar-refractivity contribution is 7.91. The van der Waals surface area contributed by atoms with Gasteiger partial charge in [0.1, 0.15) is 16.6 Å². The van der Waals surface area contributed by atoms with Gasteiger partial charge in [-0.2, -0.15) is 10.4 Å². The van der Waals surface area contributed by atoms with Gasteiger partial charge in [0.05, 0.1) is 27.9 Å². The van der Waals surface area contributed by atoms with Gasteiger partial charge in [-0.15, -0.1) is 0 Å². The fraction of sp³-hybridized carbons (Fsp3) is 0.290. The number of hydrogen-bond acceptors (Lipinski definition) is 9. The van der Waals surface area contributed by atoms with Crippen LogP contribution in [-0.4, -0.2) is 41.5 Å². The smallest absolute Gasteiger partial charge is 0.414 e. The van der Waals surface area contributed by atoms with Crippen molar-refractivity contribution in [3.05, 3.63) is 76.4 Å². The molecule has 4 rings (SSSR count). The van der Waals surface area contributed by atoms with Crippen molar-refractivity contribution in [2.45, 2.75) is 45.3 Å². The molecule has 1 aromatic heterocycles. The van der Waals surface area contributed by atoms with E-state index in [1.54, 1.807) is 50.3 Å². The third kappa shape index (κ3) is 7.50. The van der Waals surface area contributed by atoms with Gasteiger partial charge in [0, 0.05) is 11.6 Å². The molecule has 1 aliphatic carbocycles. The Balaban J connectivity index is 1.52. The Morgan fingerprint density at radius 3 is 2.53 bits per heavy atom. The molecule has 1 atom stereocenters. The van der Waals surface area contributed by atoms with E-state index in [1.807, 2.05) is 17.5 Å². The lowest BCUT2D eigenvalue weighted by Crippen LogP contribution is -2.39. The summed E-state index contributed by atoms with van der Waals surface area (Å²) in [5.74, 6) is -0.176. The minimum Gasteiger partial charge on any atom is -0.454 e. The fourth-order valence-electron chi connectivity index (χ4n) is 4.80. The normalized spacial score (nSPS) is 16.7. The number of imide groups is 1. The second kappa shape index (κ2) is 13.8. The molecule has 14 heteroatoms. The van der Waals surface area contributed by atoms with Crippen molar-refractivity contribution in [3.8, 4) is 17.6 Å². The number of anilines is 1. The highest BCUT2D eigenvalue weighted by Crippen LogP contribution is 2.40. The van der Waals surface area contributed by atoms with Gasteiger partial charge in [-0.3, -0.25) is 15.5 Å². The number of carbonyl (C=O) groups is 2. The summed E-state index contributed by atoms with van der Waals surface area (Å²) in [6.07, 6.45) is 7.32. The predicted molar refractivity (Wildman–Crippen MR) is 174 cm³/mol. The number of hydrazone groups is 1. The van der Waals surface area contributed by atoms with E-state index >= 15 is 0 Å². The zero-order valence-electron chi connectivity index (χ0n) is 24.9. The number of carbonyl (C=O) groups excluding carboxylic acids is 2. The highest BCUT2D eigenvalue weighted by atomic mass is 35.5. The molecule has 0 bridgehead atoms. The van der Waals surface area contributed by atoms with Crippen LogP contribution in [0.5, 0.6) is 11.5 Å². The predicted octanol–water partition coefficient (Wildman–Crippen LogP) is 7.17. The summed E-state index contributed by atoms with van der Waals surface area (Å²) in [5.41, 5.74) is 3.67. The van der Waals surface area contributed by atoms with E-state index in [1.165, 1.54) is 22.3 Å². The van der Waals surface area contributed by atoms with Crippen LogP contribution in [0.25, 0.3) is 10.9 Å². The molecular weight excluding hydrogens is 641 g/mol. The van der Waals surface area contributed by atoms with Crippen LogP contribution >= 0.6 is 23.2 Å². The number of allylic oxidation sites excluding steroid dienone is 3. The number of alkyl carbamates (subject to hydrolysis) is 1. The molecule has 0 saturated carbocycles. The van der Waals surface area contributed by atoms with Gasteiger partial charge in [-0.25, -0.2) is 17.2 Å². The van der Waals surface area contributed by atoms with E-state index in [2.05, 4.69) is 29.1 Å². The maximum absolute atomic E-state index is 13.9. The van der Waals surface area contributed by atoms with Crippen molar-refractivity contribution in [1.82, 2.24) is 9.29 Å². The standard InChI is InChI=1S/C31H31Cl2N5O6S/c1-5-43-30(40)35-29(39)26(18-34)37-36-22-15-24(32)28(25(33)16-22)44-23-8-9-27-21(14-23)10-12-38(27)45(41,42)31(4)11-6-7-20(17-31)13-19(2)3/h6-12,14-16,19,36H,5,13,17H2,1-4H3,(H,35,39,40). The van der Waals surface area contributed by atoms with Crippen LogP contribution in [-0.2, 0) is 19.6 Å². The van der Waals surface area contributed by atoms with Crippen LogP contribution in [0.4, 0.5) is 10.5 Å². The second-order valence-electron chi connectivity index (χ2n) is 10.8. The van der Waals surface area contributed by atoms with Crippen molar-refractivity contribution in [3.63, 3.8) is 0 Å². The van der Waals surface area contributed by atoms with Gasteiger partial charge in [0.15, 0.2) is 5.75 Å². The van der Waals surface area contributed by atoms with Gasteiger partial charge in [0.2, 0.25) is 15.7 Å². The number of halogens is 2. The van der Waals surface area contributed by atoms with Gasteiger partial charge in [-0.05, 0) is 69.0 Å². The monoisotopic (exact) mass is 671 g/mol. The maximum atomic E-state index is 13.9. The minimum atomic E-state index is -3.81. The number of amides is 2. The summed E-state index contributed by atoms with van der Waals surface area (Å²) < 4.78 is 38.5. The van der Waals surface area contributed by atoms with Gasteiger partial charge in [-0.1, -0.05) is 60.9 Å². The number of fused-ring (bicyclic) bond motifs is 1. The number of nitriles is 1. The van der Waals surface area contributed by atoms with E-state index in [-0.39, 0.29) is 28.1 Å². The number of aromatic nitrogens is 1. The quantitative estimate of drug-likeness (QED) is 0.170. The van der Waals surface area contributed by atoms with E-state index in [4.69, 9.17) is 27.9 Å². The van der Waals surface area contributed by atoms with Crippen molar-refractivity contribution >= 4 is 67.5 Å². The molecule has 3 aromatic rings. The minimum absolute atomic E-state index is 0.0407. The Bertz CT molecular complexity index is 1870. The Labute approximate surface area is 271 Å². The van der Waals surface area contributed by atoms with Gasteiger partial charge < -0.3 is 9.47 Å². The van der Waals surface area contributed by atoms with Crippen LogP contribution in [0.15, 0.2) is 71.5 Å². The van der Waals surface area contributed by atoms with Crippen LogP contribution in [0.1, 0.15) is 40.5 Å². The lowest BCUT2D eigenvalue weighted by molar-refractivity contribution is -0.114. The number of nitrogens with one attached hydrogen (secondary N) is 2. The van der Waals surface area contributed by atoms with Crippen molar-refractivity contribution < 1.29 is 27.5 Å². The molecule has 45 heavy (non-hydrogen) atoms. The van der Waals surface area contributed by atoms with Crippen LogP contribution < -0.4 is 15.5 Å². The van der Waals surface area contributed by atoms with Gasteiger partial charge in [0.25, 0.3) is 5.91 Å². The van der Waals surface area contributed by atoms with E-state index in [0.717, 1.165) is 12.0 Å². The average molecular weight is 673 g/mol. The first-order valence-corrected chi connectivity index (χ1v) is 16.1. The van der Waals surface area contributed by atoms with Crippen molar-refractivity contribution in [2.24, 2.45) is 11.0 Å². The molecule has 2 amide bonds. The molecule has 1 aliphatic rings. The van der Waals surface area contributed by atoms with E-state index < -0.39 is 32.5 Å². The van der Waals surface area contributed by atoms with Crippen LogP contribution in [0, 0.1) is 17.2 Å². The molecule has 0 aliphatic heterocycles. The molecule has 0 radical (unpaired) electrons. The van der Waals surface area contributed by atoms with Gasteiger partial charge >= 0.3 is 6.09 Å². The molecule has 1 unspecified atom stereocenters. The summed E-state index contributed by atoms with van der Waals surface area (Å²) >= 11 is 12.9. The molecule has 0 fully saturated rings. The molecule has 0 saturated heterocycles. The largest absolute Gasteiger partial charge is 0.454 e. The zero-order valence-corrected chi connectivity index (χ0v) is 27.3. The zero-order chi connectivity index (χ0) is 32.9. The van der Waals surface area contributed by atoms with Crippen molar-refractivity contribution in [1.29, 1.82) is 5.26 Å². The number of benzene rings is 2. The molecule has 236 valence electrons. The third-order valence-electron chi connectivity index (χ3n) is 6.83. The Kier molecular flexibility index (Phi) is 10.3. The average Bonchev–Trinajstić information content (AvgIpc) is 3.39. The molecule has 2 N–H and O–H groups in total. The Morgan fingerprint density at radius 2 is 1.89 bits per heavy atom. The summed E-state index contributed by atoms with van der Waals surface area (Å²) in [6.45, 7) is 7.55. The lowest BCUT2D eigenvalue weighted by atomic mass is 9.90. The topological polar surface area (TPSA) is 152 Å². The SMILES string of the molecule is CCOC(=O)NC(=O)C(C#N)=NNc1cc(Cl)c(Oc2ccc3c(ccn3S(=O)(=O)C3(C)C=CC=C(CC(C)C)C3)c2)c(Cl)c1. The fourth-order valence-corrected chi connectivity index (χ4v) is 7.08. The number of rotatable bonds is 10. The first kappa shape index (κ1) is 33.6. The third-order valence-corrected chi connectivity index (χ3v) is 9.69. The summed E-state index contributed by atoms with van der Waals surface area (Å²) in [5, 5.41) is 15.6. The number of ether oxygens (including phenoxy) is 2. The molecule has 0 spiro atoms. The first-order valence-electron chi connectivity index (χ1n) is 13.9. The highest BCUT2D eigenvalue weighted by Gasteiger charge is 2.40. The van der Waals surface area contributed by atoms with Crippen LogP contribution in [0.3, 0.4) is 0 Å². The van der Waals surface area contributed by atoms with E-state index in [9.17, 15) is 23.3 Å². The molecule has 1 heterocycles. The Morgan fingerprint density at radius 1 is 1.18 bits per heavy atom. The number of nitrogens with zero attached hydrogens (tertiary/aromatic N) is 3. The summed E-state index contributed by atoms with van der Waals surface area (Å²) in [4.78, 5) is 23.5. The number of hydrogen-bond donors (Lipinski definition) is 2. The van der Waals surface area contributed by atoms with E-state index in [0.29, 0.717) is 29.0 Å². The molecule has 11 nitrogen and oxygen atoms in total. The lowest BCUT2D eigenvalue weighted by Gasteiger charge is -2.30. The summed E-state index contributed by atoms with van der Waals surface area (Å²) in [7, 11) is -3.81. The Hall–Kier alpha value is -4.31. The summed E-state index contributed by atoms with van der Waals surface area (Å²) in [6, 6.07) is 11.0. The molecular formula is C31H31Cl2N5O6S. The van der Waals surface area contributed by atoms with Crippen LogP contribution in [0.2, 0.25) is 10.0 Å². The second-order valence-corrected chi connectivity index (χ2v) is 13.9.